The van der Waals surface area contributed by atoms with E-state index in [1.807, 2.05) is 13.1 Å². The topological polar surface area (TPSA) is 12.0 Å². The summed E-state index contributed by atoms with van der Waals surface area (Å²) in [6.45, 7) is 0.749. The lowest BCUT2D eigenvalue weighted by Crippen LogP contribution is -2.05. The molecule has 12 heavy (non-hydrogen) atoms. The predicted molar refractivity (Wildman–Crippen MR) is 56.5 cm³/mol. The molecule has 1 nitrogen and oxygen atoms in total. The van der Waals surface area contributed by atoms with Crippen LogP contribution in [0.4, 0.5) is 0 Å². The SMILES string of the molecule is CNCc1cc(Cl)ccc1Cl.Cl. The fraction of sp³-hybridized carbons (Fsp3) is 0.250. The molecule has 0 spiro atoms. The van der Waals surface area contributed by atoms with E-state index in [1.54, 1.807) is 12.1 Å². The van der Waals surface area contributed by atoms with Gasteiger partial charge in [0.1, 0.15) is 0 Å². The zero-order valence-corrected chi connectivity index (χ0v) is 8.93. The van der Waals surface area contributed by atoms with Crippen LogP contribution in [0.1, 0.15) is 5.56 Å². The largest absolute Gasteiger partial charge is 0.316 e. The van der Waals surface area contributed by atoms with Crippen molar-refractivity contribution in [2.45, 2.75) is 6.54 Å². The summed E-state index contributed by atoms with van der Waals surface area (Å²) in [4.78, 5) is 0. The van der Waals surface area contributed by atoms with Crippen molar-refractivity contribution in [3.05, 3.63) is 33.8 Å². The van der Waals surface area contributed by atoms with E-state index in [0.717, 1.165) is 22.2 Å². The predicted octanol–water partition coefficient (Wildman–Crippen LogP) is 3.13. The molecule has 0 aliphatic heterocycles. The first-order chi connectivity index (χ1) is 5.24. The average Bonchev–Trinajstić information content (AvgIpc) is 1.98. The van der Waals surface area contributed by atoms with Gasteiger partial charge in [-0.3, -0.25) is 0 Å². The molecule has 0 bridgehead atoms. The maximum Gasteiger partial charge on any atom is 0.0451 e. The van der Waals surface area contributed by atoms with Gasteiger partial charge in [-0.05, 0) is 30.8 Å². The van der Waals surface area contributed by atoms with E-state index < -0.39 is 0 Å². The number of hydrogen-bond donors (Lipinski definition) is 1. The number of hydrogen-bond acceptors (Lipinski definition) is 1. The van der Waals surface area contributed by atoms with E-state index in [2.05, 4.69) is 5.32 Å². The van der Waals surface area contributed by atoms with Crippen molar-refractivity contribution < 1.29 is 0 Å². The summed E-state index contributed by atoms with van der Waals surface area (Å²) < 4.78 is 0. The standard InChI is InChI=1S/C8H9Cl2N.ClH/c1-11-5-6-4-7(9)2-3-8(6)10;/h2-4,11H,5H2,1H3;1H. The molecule has 1 N–H and O–H groups in total. The van der Waals surface area contributed by atoms with Gasteiger partial charge in [0.2, 0.25) is 0 Å². The third kappa shape index (κ3) is 3.20. The molecular weight excluding hydrogens is 216 g/mol. The summed E-state index contributed by atoms with van der Waals surface area (Å²) in [6.07, 6.45) is 0. The van der Waals surface area contributed by atoms with Crippen molar-refractivity contribution in [2.75, 3.05) is 7.05 Å². The van der Waals surface area contributed by atoms with Gasteiger partial charge >= 0.3 is 0 Å². The maximum absolute atomic E-state index is 5.88. The molecule has 0 unspecified atom stereocenters. The van der Waals surface area contributed by atoms with Gasteiger partial charge in [-0.2, -0.15) is 0 Å². The summed E-state index contributed by atoms with van der Waals surface area (Å²) in [5.41, 5.74) is 1.03. The molecule has 0 aliphatic rings. The minimum atomic E-state index is 0. The molecular formula is C8H10Cl3N. The van der Waals surface area contributed by atoms with E-state index in [1.165, 1.54) is 0 Å². The normalized spacial score (nSPS) is 9.25. The van der Waals surface area contributed by atoms with Gasteiger partial charge in [0.25, 0.3) is 0 Å². The zero-order valence-electron chi connectivity index (χ0n) is 6.60. The number of nitrogens with one attached hydrogen (secondary N) is 1. The fourth-order valence-corrected chi connectivity index (χ4v) is 1.25. The Kier molecular flexibility index (Phi) is 5.68. The van der Waals surface area contributed by atoms with E-state index >= 15 is 0 Å². The number of halogens is 3. The Hall–Kier alpha value is 0.0500. The second-order valence-electron chi connectivity index (χ2n) is 2.27. The van der Waals surface area contributed by atoms with Crippen LogP contribution in [-0.4, -0.2) is 7.05 Å². The first-order valence-corrected chi connectivity index (χ1v) is 4.08. The van der Waals surface area contributed by atoms with Crippen LogP contribution in [0.5, 0.6) is 0 Å². The van der Waals surface area contributed by atoms with Crippen molar-refractivity contribution in [2.24, 2.45) is 0 Å². The van der Waals surface area contributed by atoms with Gasteiger partial charge in [-0.1, -0.05) is 23.2 Å². The van der Waals surface area contributed by atoms with Gasteiger partial charge in [0.15, 0.2) is 0 Å². The van der Waals surface area contributed by atoms with Crippen molar-refractivity contribution in [3.63, 3.8) is 0 Å². The number of benzene rings is 1. The highest BCUT2D eigenvalue weighted by Crippen LogP contribution is 2.19. The molecule has 0 aliphatic carbocycles. The van der Waals surface area contributed by atoms with E-state index in [4.69, 9.17) is 23.2 Å². The molecule has 0 fully saturated rings. The Balaban J connectivity index is 0.00000121. The molecule has 1 rings (SSSR count). The van der Waals surface area contributed by atoms with Crippen molar-refractivity contribution in [1.29, 1.82) is 0 Å². The van der Waals surface area contributed by atoms with Crippen LogP contribution in [0.25, 0.3) is 0 Å². The smallest absolute Gasteiger partial charge is 0.0451 e. The van der Waals surface area contributed by atoms with Crippen LogP contribution in [0.3, 0.4) is 0 Å². The molecule has 0 radical (unpaired) electrons. The first-order valence-electron chi connectivity index (χ1n) is 3.32. The van der Waals surface area contributed by atoms with E-state index in [-0.39, 0.29) is 12.4 Å². The lowest BCUT2D eigenvalue weighted by Gasteiger charge is -2.02. The number of rotatable bonds is 2. The van der Waals surface area contributed by atoms with E-state index in [9.17, 15) is 0 Å². The monoisotopic (exact) mass is 225 g/mol. The highest BCUT2D eigenvalue weighted by molar-refractivity contribution is 6.33. The van der Waals surface area contributed by atoms with Crippen LogP contribution in [0.2, 0.25) is 10.0 Å². The second kappa shape index (κ2) is 5.65. The Morgan fingerprint density at radius 2 is 2.00 bits per heavy atom. The zero-order chi connectivity index (χ0) is 8.27. The molecule has 4 heteroatoms. The molecule has 0 saturated heterocycles. The Labute approximate surface area is 88.5 Å². The van der Waals surface area contributed by atoms with Crippen molar-refractivity contribution in [3.8, 4) is 0 Å². The summed E-state index contributed by atoms with van der Waals surface area (Å²) in [5, 5.41) is 4.48. The Morgan fingerprint density at radius 3 is 2.58 bits per heavy atom. The summed E-state index contributed by atoms with van der Waals surface area (Å²) >= 11 is 11.6. The first kappa shape index (κ1) is 12.0. The fourth-order valence-electron chi connectivity index (χ4n) is 0.869. The van der Waals surface area contributed by atoms with Gasteiger partial charge < -0.3 is 5.32 Å². The molecule has 0 heterocycles. The third-order valence-corrected chi connectivity index (χ3v) is 1.98. The summed E-state index contributed by atoms with van der Waals surface area (Å²) in [6, 6.07) is 5.44. The molecule has 0 aromatic heterocycles. The molecule has 1 aromatic carbocycles. The maximum atomic E-state index is 5.88. The van der Waals surface area contributed by atoms with Crippen LogP contribution >= 0.6 is 35.6 Å². The molecule has 68 valence electrons. The Bertz CT molecular complexity index is 250. The molecule has 1 aromatic rings. The minimum absolute atomic E-state index is 0. The van der Waals surface area contributed by atoms with Crippen molar-refractivity contribution in [1.82, 2.24) is 5.32 Å². The van der Waals surface area contributed by atoms with Crippen LogP contribution in [-0.2, 0) is 6.54 Å². The quantitative estimate of drug-likeness (QED) is 0.817. The van der Waals surface area contributed by atoms with Gasteiger partial charge in [0, 0.05) is 16.6 Å². The van der Waals surface area contributed by atoms with Crippen LogP contribution < -0.4 is 5.32 Å². The lowest BCUT2D eigenvalue weighted by atomic mass is 10.2. The summed E-state index contributed by atoms with van der Waals surface area (Å²) in [7, 11) is 1.87. The minimum Gasteiger partial charge on any atom is -0.316 e. The second-order valence-corrected chi connectivity index (χ2v) is 3.11. The lowest BCUT2D eigenvalue weighted by molar-refractivity contribution is 0.818. The van der Waals surface area contributed by atoms with Crippen LogP contribution in [0.15, 0.2) is 18.2 Å². The average molecular weight is 227 g/mol. The molecule has 0 atom stereocenters. The van der Waals surface area contributed by atoms with Crippen molar-refractivity contribution >= 4 is 35.6 Å². The van der Waals surface area contributed by atoms with Gasteiger partial charge in [0.05, 0.1) is 0 Å². The highest BCUT2D eigenvalue weighted by atomic mass is 35.5. The molecule has 0 amide bonds. The molecule has 0 saturated carbocycles. The van der Waals surface area contributed by atoms with Crippen LogP contribution in [0, 0.1) is 0 Å². The Morgan fingerprint density at radius 1 is 1.33 bits per heavy atom. The van der Waals surface area contributed by atoms with Gasteiger partial charge in [-0.15, -0.1) is 12.4 Å². The third-order valence-electron chi connectivity index (χ3n) is 1.37. The highest BCUT2D eigenvalue weighted by Gasteiger charge is 1.98. The van der Waals surface area contributed by atoms with Gasteiger partial charge in [-0.25, -0.2) is 0 Å². The summed E-state index contributed by atoms with van der Waals surface area (Å²) in [5.74, 6) is 0. The van der Waals surface area contributed by atoms with E-state index in [0.29, 0.717) is 0 Å².